The normalized spacial score (nSPS) is 17.4. The van der Waals surface area contributed by atoms with Crippen molar-refractivity contribution in [3.05, 3.63) is 34.6 Å². The van der Waals surface area contributed by atoms with Crippen LogP contribution in [0.1, 0.15) is 18.4 Å². The first-order valence-corrected chi connectivity index (χ1v) is 5.79. The minimum absolute atomic E-state index is 0.0692. The van der Waals surface area contributed by atoms with Crippen LogP contribution < -0.4 is 5.32 Å². The van der Waals surface area contributed by atoms with Crippen molar-refractivity contribution in [2.75, 3.05) is 13.2 Å². The maximum absolute atomic E-state index is 13.1. The first kappa shape index (κ1) is 11.8. The van der Waals surface area contributed by atoms with E-state index in [9.17, 15) is 4.39 Å². The molecule has 0 aliphatic heterocycles. The van der Waals surface area contributed by atoms with Gasteiger partial charge in [-0.25, -0.2) is 4.39 Å². The molecule has 88 valence electrons. The summed E-state index contributed by atoms with van der Waals surface area (Å²) >= 11 is 5.83. The van der Waals surface area contributed by atoms with E-state index in [0.29, 0.717) is 6.54 Å². The van der Waals surface area contributed by atoms with Crippen molar-refractivity contribution in [2.24, 2.45) is 5.41 Å². The minimum Gasteiger partial charge on any atom is -0.396 e. The summed E-state index contributed by atoms with van der Waals surface area (Å²) in [5.74, 6) is -0.385. The van der Waals surface area contributed by atoms with Crippen molar-refractivity contribution < 1.29 is 9.50 Å². The third-order valence-corrected chi connectivity index (χ3v) is 3.56. The topological polar surface area (TPSA) is 32.3 Å². The molecule has 0 radical (unpaired) electrons. The van der Waals surface area contributed by atoms with Crippen LogP contribution in [0.5, 0.6) is 0 Å². The van der Waals surface area contributed by atoms with Gasteiger partial charge in [-0.05, 0) is 24.5 Å². The summed E-state index contributed by atoms with van der Waals surface area (Å²) in [5, 5.41) is 12.5. The van der Waals surface area contributed by atoms with E-state index in [2.05, 4.69) is 5.32 Å². The largest absolute Gasteiger partial charge is 0.396 e. The summed E-state index contributed by atoms with van der Waals surface area (Å²) in [7, 11) is 0. The van der Waals surface area contributed by atoms with Gasteiger partial charge in [0.05, 0.1) is 5.02 Å². The van der Waals surface area contributed by atoms with E-state index >= 15 is 0 Å². The van der Waals surface area contributed by atoms with Crippen LogP contribution in [0.25, 0.3) is 0 Å². The molecule has 1 fully saturated rings. The third kappa shape index (κ3) is 2.54. The first-order valence-electron chi connectivity index (χ1n) is 5.41. The molecule has 0 aromatic heterocycles. The van der Waals surface area contributed by atoms with Crippen molar-refractivity contribution in [1.29, 1.82) is 0 Å². The molecule has 16 heavy (non-hydrogen) atoms. The molecule has 0 heterocycles. The Morgan fingerprint density at radius 3 is 2.81 bits per heavy atom. The highest BCUT2D eigenvalue weighted by Crippen LogP contribution is 2.44. The van der Waals surface area contributed by atoms with E-state index in [-0.39, 0.29) is 22.9 Å². The fourth-order valence-corrected chi connectivity index (χ4v) is 1.91. The summed E-state index contributed by atoms with van der Waals surface area (Å²) in [6.07, 6.45) is 2.13. The molecule has 2 nitrogen and oxygen atoms in total. The molecule has 1 aliphatic carbocycles. The lowest BCUT2D eigenvalue weighted by atomic mass is 10.1. The Bertz CT molecular complexity index is 379. The summed E-state index contributed by atoms with van der Waals surface area (Å²) in [5.41, 5.74) is 0.829. The second-order valence-corrected chi connectivity index (χ2v) is 4.85. The van der Waals surface area contributed by atoms with E-state index in [4.69, 9.17) is 16.7 Å². The van der Waals surface area contributed by atoms with Crippen LogP contribution in [0.4, 0.5) is 4.39 Å². The predicted octanol–water partition coefficient (Wildman–Crippen LogP) is 2.34. The van der Waals surface area contributed by atoms with E-state index in [0.717, 1.165) is 24.9 Å². The third-order valence-electron chi connectivity index (χ3n) is 3.14. The first-order chi connectivity index (χ1) is 7.67. The highest BCUT2D eigenvalue weighted by atomic mass is 35.5. The van der Waals surface area contributed by atoms with Gasteiger partial charge < -0.3 is 10.4 Å². The van der Waals surface area contributed by atoms with Crippen LogP contribution in [-0.2, 0) is 6.54 Å². The van der Waals surface area contributed by atoms with Crippen molar-refractivity contribution in [3.8, 4) is 0 Å². The average molecular weight is 244 g/mol. The fourth-order valence-electron chi connectivity index (χ4n) is 1.71. The number of aliphatic hydroxyl groups is 1. The average Bonchev–Trinajstić information content (AvgIpc) is 3.05. The summed E-state index contributed by atoms with van der Waals surface area (Å²) in [6, 6.07) is 4.80. The molecule has 0 unspecified atom stereocenters. The smallest absolute Gasteiger partial charge is 0.142 e. The predicted molar refractivity (Wildman–Crippen MR) is 61.9 cm³/mol. The molecule has 1 aromatic carbocycles. The van der Waals surface area contributed by atoms with Crippen LogP contribution >= 0.6 is 11.6 Å². The van der Waals surface area contributed by atoms with Crippen LogP contribution in [0, 0.1) is 11.2 Å². The van der Waals surface area contributed by atoms with Gasteiger partial charge in [0.15, 0.2) is 0 Å². The molecule has 1 aromatic rings. The van der Waals surface area contributed by atoms with Gasteiger partial charge in [-0.1, -0.05) is 23.7 Å². The maximum Gasteiger partial charge on any atom is 0.142 e. The second-order valence-electron chi connectivity index (χ2n) is 4.47. The molecule has 0 atom stereocenters. The van der Waals surface area contributed by atoms with Gasteiger partial charge in [-0.2, -0.15) is 0 Å². The molecular formula is C12H15ClFNO. The van der Waals surface area contributed by atoms with Gasteiger partial charge in [-0.3, -0.25) is 0 Å². The molecule has 2 N–H and O–H groups in total. The van der Waals surface area contributed by atoms with Crippen molar-refractivity contribution in [1.82, 2.24) is 5.32 Å². The van der Waals surface area contributed by atoms with E-state index < -0.39 is 0 Å². The van der Waals surface area contributed by atoms with Crippen molar-refractivity contribution in [2.45, 2.75) is 19.4 Å². The Morgan fingerprint density at radius 2 is 2.19 bits per heavy atom. The molecule has 0 saturated heterocycles. The quantitative estimate of drug-likeness (QED) is 0.832. The molecule has 0 bridgehead atoms. The van der Waals surface area contributed by atoms with E-state index in [1.165, 1.54) is 6.07 Å². The lowest BCUT2D eigenvalue weighted by molar-refractivity contribution is 0.207. The fraction of sp³-hybridized carbons (Fsp3) is 0.500. The van der Waals surface area contributed by atoms with Crippen molar-refractivity contribution >= 4 is 11.6 Å². The number of rotatable bonds is 5. The Kier molecular flexibility index (Phi) is 3.47. The molecule has 4 heteroatoms. The zero-order valence-corrected chi connectivity index (χ0v) is 9.73. The zero-order valence-electron chi connectivity index (χ0n) is 8.97. The van der Waals surface area contributed by atoms with Gasteiger partial charge in [0.25, 0.3) is 0 Å². The van der Waals surface area contributed by atoms with Crippen LogP contribution in [0.3, 0.4) is 0 Å². The highest BCUT2D eigenvalue weighted by molar-refractivity contribution is 6.31. The molecule has 0 spiro atoms. The number of benzene rings is 1. The van der Waals surface area contributed by atoms with Crippen LogP contribution in [0.15, 0.2) is 18.2 Å². The maximum atomic E-state index is 13.1. The van der Waals surface area contributed by atoms with E-state index in [1.807, 2.05) is 0 Å². The number of hydrogen-bond donors (Lipinski definition) is 2. The summed E-state index contributed by atoms with van der Waals surface area (Å²) in [6.45, 7) is 1.52. The van der Waals surface area contributed by atoms with Crippen molar-refractivity contribution in [3.63, 3.8) is 0 Å². The summed E-state index contributed by atoms with van der Waals surface area (Å²) < 4.78 is 13.1. The second kappa shape index (κ2) is 4.70. The van der Waals surface area contributed by atoms with Gasteiger partial charge in [0, 0.05) is 25.1 Å². The minimum atomic E-state index is -0.385. The molecule has 0 amide bonds. The Balaban J connectivity index is 1.88. The molecule has 2 rings (SSSR count). The lowest BCUT2D eigenvalue weighted by Crippen LogP contribution is -2.26. The van der Waals surface area contributed by atoms with Crippen LogP contribution in [-0.4, -0.2) is 18.3 Å². The number of nitrogens with one attached hydrogen (secondary N) is 1. The zero-order chi connectivity index (χ0) is 11.6. The Morgan fingerprint density at radius 1 is 1.44 bits per heavy atom. The van der Waals surface area contributed by atoms with Crippen LogP contribution in [0.2, 0.25) is 5.02 Å². The molecule has 1 aliphatic rings. The molecule has 1 saturated carbocycles. The van der Waals surface area contributed by atoms with Gasteiger partial charge >= 0.3 is 0 Å². The van der Waals surface area contributed by atoms with E-state index in [1.54, 1.807) is 12.1 Å². The van der Waals surface area contributed by atoms with Gasteiger partial charge in [-0.15, -0.1) is 0 Å². The number of aliphatic hydroxyl groups excluding tert-OH is 1. The number of halogens is 2. The number of hydrogen-bond acceptors (Lipinski definition) is 2. The molecular weight excluding hydrogens is 229 g/mol. The van der Waals surface area contributed by atoms with Gasteiger partial charge in [0.2, 0.25) is 0 Å². The Labute approximate surface area is 99.4 Å². The Hall–Kier alpha value is -0.640. The van der Waals surface area contributed by atoms with Gasteiger partial charge in [0.1, 0.15) is 5.82 Å². The SMILES string of the molecule is OCC1(CNCc2cccc(F)c2Cl)CC1. The summed E-state index contributed by atoms with van der Waals surface area (Å²) in [4.78, 5) is 0. The highest BCUT2D eigenvalue weighted by Gasteiger charge is 2.41. The standard InChI is InChI=1S/C12H15ClFNO/c13-11-9(2-1-3-10(11)14)6-15-7-12(8-16)4-5-12/h1-3,15-16H,4-8H2. The monoisotopic (exact) mass is 243 g/mol. The lowest BCUT2D eigenvalue weighted by Gasteiger charge is -2.13.